The molecule has 6 nitrogen and oxygen atoms in total. The average Bonchev–Trinajstić information content (AvgIpc) is 3.13. The van der Waals surface area contributed by atoms with Gasteiger partial charge >= 0.3 is 0 Å². The van der Waals surface area contributed by atoms with Gasteiger partial charge < -0.3 is 14.6 Å². The molecule has 30 heavy (non-hydrogen) atoms. The smallest absolute Gasteiger partial charge is 0.250 e. The summed E-state index contributed by atoms with van der Waals surface area (Å²) in [6.07, 6.45) is 1.00. The van der Waals surface area contributed by atoms with Crippen molar-refractivity contribution in [3.8, 4) is 11.6 Å². The molecule has 0 atom stereocenters. The summed E-state index contributed by atoms with van der Waals surface area (Å²) in [6, 6.07) is 14.1. The highest BCUT2D eigenvalue weighted by Crippen LogP contribution is 2.31. The summed E-state index contributed by atoms with van der Waals surface area (Å²) in [6.45, 7) is 8.38. The lowest BCUT2D eigenvalue weighted by Crippen LogP contribution is -2.17. The number of benzene rings is 2. The van der Waals surface area contributed by atoms with Crippen LogP contribution in [0.5, 0.6) is 0 Å². The zero-order chi connectivity index (χ0) is 21.3. The molecular formula is C24H29N5O. The molecule has 4 rings (SSSR count). The van der Waals surface area contributed by atoms with Gasteiger partial charge in [0, 0.05) is 6.54 Å². The normalized spacial score (nSPS) is 12.2. The zero-order valence-electron chi connectivity index (χ0n) is 18.4. The van der Waals surface area contributed by atoms with E-state index in [1.807, 2.05) is 30.3 Å². The first kappa shape index (κ1) is 20.3. The van der Waals surface area contributed by atoms with E-state index in [0.717, 1.165) is 41.6 Å². The molecule has 6 heteroatoms. The Morgan fingerprint density at radius 3 is 2.37 bits per heavy atom. The van der Waals surface area contributed by atoms with Crippen molar-refractivity contribution in [2.24, 2.45) is 0 Å². The first-order chi connectivity index (χ1) is 14.3. The molecule has 0 radical (unpaired) electrons. The van der Waals surface area contributed by atoms with Crippen LogP contribution in [0.2, 0.25) is 0 Å². The third kappa shape index (κ3) is 4.28. The maximum atomic E-state index is 6.09. The Labute approximate surface area is 177 Å². The molecular weight excluding hydrogens is 374 g/mol. The molecule has 156 valence electrons. The number of nitrogens with one attached hydrogen (secondary N) is 1. The summed E-state index contributed by atoms with van der Waals surface area (Å²) in [7, 11) is 4.15. The number of nitrogens with zero attached hydrogens (tertiary/aromatic N) is 4. The zero-order valence-corrected chi connectivity index (χ0v) is 18.4. The van der Waals surface area contributed by atoms with Crippen molar-refractivity contribution in [1.29, 1.82) is 0 Å². The lowest BCUT2D eigenvalue weighted by Gasteiger charge is -2.18. The van der Waals surface area contributed by atoms with Gasteiger partial charge in [0.2, 0.25) is 5.89 Å². The van der Waals surface area contributed by atoms with Gasteiger partial charge in [-0.05, 0) is 62.3 Å². The molecule has 2 aromatic heterocycles. The minimum Gasteiger partial charge on any atom is -0.435 e. The maximum absolute atomic E-state index is 6.09. The standard InChI is InChI=1S/C24H29N5O/c1-24(2,3)16-11-12-20-19(15-16)28-23(30-20)21-22(25-13-8-14-29(4)5)27-18-10-7-6-9-17(18)26-21/h6-7,9-12,15H,8,13-14H2,1-5H3,(H,25,27). The first-order valence-corrected chi connectivity index (χ1v) is 10.4. The number of rotatable bonds is 6. The van der Waals surface area contributed by atoms with Gasteiger partial charge in [0.25, 0.3) is 0 Å². The highest BCUT2D eigenvalue weighted by Gasteiger charge is 2.19. The number of fused-ring (bicyclic) bond motifs is 2. The fraction of sp³-hybridized carbons (Fsp3) is 0.375. The summed E-state index contributed by atoms with van der Waals surface area (Å²) >= 11 is 0. The van der Waals surface area contributed by atoms with Crippen LogP contribution in [0.3, 0.4) is 0 Å². The van der Waals surface area contributed by atoms with Crippen LogP contribution < -0.4 is 5.32 Å². The molecule has 0 aliphatic carbocycles. The van der Waals surface area contributed by atoms with E-state index < -0.39 is 0 Å². The van der Waals surface area contributed by atoms with Crippen molar-refractivity contribution in [2.45, 2.75) is 32.6 Å². The van der Waals surface area contributed by atoms with Crippen LogP contribution in [0.1, 0.15) is 32.8 Å². The molecule has 0 saturated heterocycles. The molecule has 0 unspecified atom stereocenters. The highest BCUT2D eigenvalue weighted by atomic mass is 16.3. The third-order valence-corrected chi connectivity index (χ3v) is 5.10. The van der Waals surface area contributed by atoms with E-state index in [2.05, 4.69) is 57.2 Å². The van der Waals surface area contributed by atoms with Gasteiger partial charge in [-0.1, -0.05) is 39.0 Å². The minimum absolute atomic E-state index is 0.0508. The predicted molar refractivity (Wildman–Crippen MR) is 123 cm³/mol. The second-order valence-electron chi connectivity index (χ2n) is 8.94. The Balaban J connectivity index is 1.75. The van der Waals surface area contributed by atoms with Crippen molar-refractivity contribution < 1.29 is 4.42 Å². The summed E-state index contributed by atoms with van der Waals surface area (Å²) in [5.74, 6) is 1.19. The number of hydrogen-bond acceptors (Lipinski definition) is 6. The molecule has 0 aliphatic rings. The quantitative estimate of drug-likeness (QED) is 0.452. The Bertz CT molecular complexity index is 1170. The van der Waals surface area contributed by atoms with E-state index in [4.69, 9.17) is 19.4 Å². The second-order valence-corrected chi connectivity index (χ2v) is 8.94. The van der Waals surface area contributed by atoms with Crippen molar-refractivity contribution in [1.82, 2.24) is 19.9 Å². The lowest BCUT2D eigenvalue weighted by molar-refractivity contribution is 0.405. The van der Waals surface area contributed by atoms with Crippen LogP contribution in [0.15, 0.2) is 46.9 Å². The van der Waals surface area contributed by atoms with Crippen LogP contribution in [0.25, 0.3) is 33.7 Å². The Morgan fingerprint density at radius 2 is 1.67 bits per heavy atom. The van der Waals surface area contributed by atoms with Gasteiger partial charge in [0.15, 0.2) is 17.1 Å². The third-order valence-electron chi connectivity index (χ3n) is 5.10. The summed E-state index contributed by atoms with van der Waals surface area (Å²) < 4.78 is 6.09. The fourth-order valence-electron chi connectivity index (χ4n) is 3.37. The molecule has 4 aromatic rings. The van der Waals surface area contributed by atoms with Gasteiger partial charge in [-0.15, -0.1) is 0 Å². The number of oxazole rings is 1. The Kier molecular flexibility index (Phi) is 5.43. The molecule has 0 saturated carbocycles. The molecule has 2 aromatic carbocycles. The minimum atomic E-state index is 0.0508. The average molecular weight is 404 g/mol. The molecule has 0 amide bonds. The SMILES string of the molecule is CN(C)CCCNc1nc2ccccc2nc1-c1nc2cc(C(C)(C)C)ccc2o1. The number of para-hydroxylation sites is 2. The van der Waals surface area contributed by atoms with Crippen LogP contribution in [0.4, 0.5) is 5.82 Å². The number of anilines is 1. The summed E-state index contributed by atoms with van der Waals surface area (Å²) in [5, 5.41) is 3.44. The number of hydrogen-bond donors (Lipinski definition) is 1. The molecule has 0 fully saturated rings. The van der Waals surface area contributed by atoms with Gasteiger partial charge in [0.1, 0.15) is 5.52 Å². The molecule has 0 aliphatic heterocycles. The van der Waals surface area contributed by atoms with Crippen molar-refractivity contribution in [3.05, 3.63) is 48.0 Å². The Morgan fingerprint density at radius 1 is 0.933 bits per heavy atom. The molecule has 1 N–H and O–H groups in total. The van der Waals surface area contributed by atoms with Gasteiger partial charge in [0.05, 0.1) is 11.0 Å². The fourth-order valence-corrected chi connectivity index (χ4v) is 3.37. The number of aromatic nitrogens is 3. The van der Waals surface area contributed by atoms with Gasteiger partial charge in [-0.25, -0.2) is 15.0 Å². The lowest BCUT2D eigenvalue weighted by atomic mass is 9.87. The van der Waals surface area contributed by atoms with E-state index in [-0.39, 0.29) is 5.41 Å². The summed E-state index contributed by atoms with van der Waals surface area (Å²) in [4.78, 5) is 16.6. The molecule has 0 spiro atoms. The van der Waals surface area contributed by atoms with Crippen LogP contribution in [0, 0.1) is 0 Å². The van der Waals surface area contributed by atoms with Crippen molar-refractivity contribution in [2.75, 3.05) is 32.5 Å². The largest absolute Gasteiger partial charge is 0.435 e. The summed E-state index contributed by atoms with van der Waals surface area (Å²) in [5.41, 5.74) is 5.19. The topological polar surface area (TPSA) is 67.1 Å². The van der Waals surface area contributed by atoms with E-state index in [1.54, 1.807) is 0 Å². The van der Waals surface area contributed by atoms with E-state index in [0.29, 0.717) is 17.4 Å². The van der Waals surface area contributed by atoms with E-state index in [1.165, 1.54) is 5.56 Å². The highest BCUT2D eigenvalue weighted by molar-refractivity contribution is 5.83. The van der Waals surface area contributed by atoms with Crippen LogP contribution in [-0.2, 0) is 5.41 Å². The maximum Gasteiger partial charge on any atom is 0.250 e. The van der Waals surface area contributed by atoms with Crippen molar-refractivity contribution in [3.63, 3.8) is 0 Å². The van der Waals surface area contributed by atoms with Crippen LogP contribution in [-0.4, -0.2) is 47.0 Å². The van der Waals surface area contributed by atoms with Gasteiger partial charge in [-0.2, -0.15) is 0 Å². The van der Waals surface area contributed by atoms with E-state index >= 15 is 0 Å². The van der Waals surface area contributed by atoms with Crippen molar-refractivity contribution >= 4 is 28.0 Å². The second kappa shape index (κ2) is 8.03. The molecule has 0 bridgehead atoms. The Hall–Kier alpha value is -2.99. The van der Waals surface area contributed by atoms with E-state index in [9.17, 15) is 0 Å². The van der Waals surface area contributed by atoms with Gasteiger partial charge in [-0.3, -0.25) is 0 Å². The molecule has 2 heterocycles. The monoisotopic (exact) mass is 403 g/mol. The predicted octanol–water partition coefficient (Wildman–Crippen LogP) is 5.10. The first-order valence-electron chi connectivity index (χ1n) is 10.4. The van der Waals surface area contributed by atoms with Crippen LogP contribution >= 0.6 is 0 Å².